The van der Waals surface area contributed by atoms with E-state index in [1.165, 1.54) is 0 Å². The van der Waals surface area contributed by atoms with Crippen molar-refractivity contribution in [2.75, 3.05) is 7.05 Å². The van der Waals surface area contributed by atoms with Crippen LogP contribution in [-0.2, 0) is 13.6 Å². The van der Waals surface area contributed by atoms with E-state index >= 15 is 0 Å². The van der Waals surface area contributed by atoms with Crippen molar-refractivity contribution in [3.05, 3.63) is 53.2 Å². The molecule has 0 saturated carbocycles. The van der Waals surface area contributed by atoms with Crippen molar-refractivity contribution in [3.8, 4) is 11.3 Å². The van der Waals surface area contributed by atoms with Crippen LogP contribution in [0.4, 0.5) is 0 Å². The molecule has 3 heterocycles. The van der Waals surface area contributed by atoms with Gasteiger partial charge < -0.3 is 4.90 Å². The molecule has 7 nitrogen and oxygen atoms in total. The zero-order valence-electron chi connectivity index (χ0n) is 14.2. The SMILES string of the molecule is Cc1nn(C)c(C)c1-c1cc(C(=O)N(C)Cc2cccnc2)[nH]n1. The monoisotopic (exact) mass is 324 g/mol. The normalized spacial score (nSPS) is 10.8. The maximum Gasteiger partial charge on any atom is 0.271 e. The molecule has 7 heteroatoms. The molecule has 0 atom stereocenters. The minimum atomic E-state index is -0.114. The second-order valence-corrected chi connectivity index (χ2v) is 5.86. The van der Waals surface area contributed by atoms with Gasteiger partial charge in [0.15, 0.2) is 0 Å². The van der Waals surface area contributed by atoms with Crippen molar-refractivity contribution in [1.29, 1.82) is 0 Å². The fourth-order valence-corrected chi connectivity index (χ4v) is 2.75. The molecule has 124 valence electrons. The predicted octanol–water partition coefficient (Wildman–Crippen LogP) is 2.09. The number of rotatable bonds is 4. The molecular weight excluding hydrogens is 304 g/mol. The third-order valence-corrected chi connectivity index (χ3v) is 4.06. The molecule has 0 aliphatic rings. The quantitative estimate of drug-likeness (QED) is 0.797. The first kappa shape index (κ1) is 15.9. The Morgan fingerprint density at radius 1 is 1.38 bits per heavy atom. The van der Waals surface area contributed by atoms with E-state index in [-0.39, 0.29) is 5.91 Å². The summed E-state index contributed by atoms with van der Waals surface area (Å²) in [5.41, 5.74) is 5.04. The Hall–Kier alpha value is -2.96. The molecule has 0 fully saturated rings. The summed E-state index contributed by atoms with van der Waals surface area (Å²) < 4.78 is 1.81. The molecular formula is C17H20N6O. The number of amides is 1. The summed E-state index contributed by atoms with van der Waals surface area (Å²) >= 11 is 0. The highest BCUT2D eigenvalue weighted by atomic mass is 16.2. The number of hydrogen-bond donors (Lipinski definition) is 1. The number of carbonyl (C=O) groups is 1. The van der Waals surface area contributed by atoms with Crippen LogP contribution in [-0.4, -0.2) is 42.8 Å². The van der Waals surface area contributed by atoms with E-state index in [0.29, 0.717) is 12.2 Å². The van der Waals surface area contributed by atoms with Crippen LogP contribution in [0.3, 0.4) is 0 Å². The van der Waals surface area contributed by atoms with Gasteiger partial charge in [-0.3, -0.25) is 19.6 Å². The standard InChI is InChI=1S/C17H20N6O/c1-11-16(12(2)23(4)21-11)14-8-15(20-19-14)17(24)22(3)10-13-6-5-7-18-9-13/h5-9H,10H2,1-4H3,(H,19,20). The van der Waals surface area contributed by atoms with Crippen molar-refractivity contribution in [3.63, 3.8) is 0 Å². The van der Waals surface area contributed by atoms with Gasteiger partial charge in [0.1, 0.15) is 5.69 Å². The van der Waals surface area contributed by atoms with E-state index in [1.807, 2.05) is 37.7 Å². The molecule has 0 aliphatic heterocycles. The number of hydrogen-bond acceptors (Lipinski definition) is 4. The minimum Gasteiger partial charge on any atom is -0.336 e. The first-order valence-corrected chi connectivity index (χ1v) is 7.67. The van der Waals surface area contributed by atoms with E-state index in [2.05, 4.69) is 20.3 Å². The number of aromatic amines is 1. The highest BCUT2D eigenvalue weighted by Gasteiger charge is 2.19. The average Bonchev–Trinajstić information content (AvgIpc) is 3.13. The first-order chi connectivity index (χ1) is 11.5. The number of aromatic nitrogens is 5. The lowest BCUT2D eigenvalue weighted by molar-refractivity contribution is 0.0779. The van der Waals surface area contributed by atoms with Gasteiger partial charge in [-0.15, -0.1) is 0 Å². The van der Waals surface area contributed by atoms with E-state index in [9.17, 15) is 4.79 Å². The second kappa shape index (κ2) is 6.27. The smallest absolute Gasteiger partial charge is 0.271 e. The van der Waals surface area contributed by atoms with Crippen LogP contribution in [0.25, 0.3) is 11.3 Å². The Kier molecular flexibility index (Phi) is 4.16. The van der Waals surface area contributed by atoms with Crippen LogP contribution >= 0.6 is 0 Å². The molecule has 0 bridgehead atoms. The van der Waals surface area contributed by atoms with Crippen molar-refractivity contribution in [1.82, 2.24) is 29.9 Å². The number of aryl methyl sites for hydroxylation is 2. The van der Waals surface area contributed by atoms with Gasteiger partial charge in [-0.1, -0.05) is 6.07 Å². The lowest BCUT2D eigenvalue weighted by atomic mass is 10.1. The van der Waals surface area contributed by atoms with Gasteiger partial charge in [0.2, 0.25) is 0 Å². The fraction of sp³-hybridized carbons (Fsp3) is 0.294. The topological polar surface area (TPSA) is 79.7 Å². The van der Waals surface area contributed by atoms with E-state index in [1.54, 1.807) is 30.4 Å². The maximum absolute atomic E-state index is 12.6. The summed E-state index contributed by atoms with van der Waals surface area (Å²) in [6.07, 6.45) is 3.47. The van der Waals surface area contributed by atoms with Crippen LogP contribution in [0, 0.1) is 13.8 Å². The number of pyridine rings is 1. The summed E-state index contributed by atoms with van der Waals surface area (Å²) in [6.45, 7) is 4.42. The molecule has 0 spiro atoms. The molecule has 3 rings (SSSR count). The lowest BCUT2D eigenvalue weighted by Gasteiger charge is -2.15. The molecule has 0 radical (unpaired) electrons. The van der Waals surface area contributed by atoms with E-state index < -0.39 is 0 Å². The number of nitrogens with one attached hydrogen (secondary N) is 1. The number of H-pyrrole nitrogens is 1. The van der Waals surface area contributed by atoms with Crippen molar-refractivity contribution in [2.24, 2.45) is 7.05 Å². The van der Waals surface area contributed by atoms with Gasteiger partial charge >= 0.3 is 0 Å². The van der Waals surface area contributed by atoms with Gasteiger partial charge in [-0.25, -0.2) is 0 Å². The van der Waals surface area contributed by atoms with Gasteiger partial charge in [0, 0.05) is 44.3 Å². The summed E-state index contributed by atoms with van der Waals surface area (Å²) in [7, 11) is 3.66. The summed E-state index contributed by atoms with van der Waals surface area (Å²) in [5.74, 6) is -0.114. The average molecular weight is 324 g/mol. The van der Waals surface area contributed by atoms with Crippen molar-refractivity contribution < 1.29 is 4.79 Å². The third kappa shape index (κ3) is 2.92. The van der Waals surface area contributed by atoms with Crippen LogP contribution < -0.4 is 0 Å². The Morgan fingerprint density at radius 3 is 2.79 bits per heavy atom. The molecule has 0 unspecified atom stereocenters. The maximum atomic E-state index is 12.6. The highest BCUT2D eigenvalue weighted by Crippen LogP contribution is 2.25. The lowest BCUT2D eigenvalue weighted by Crippen LogP contribution is -2.26. The van der Waals surface area contributed by atoms with Crippen molar-refractivity contribution in [2.45, 2.75) is 20.4 Å². The molecule has 24 heavy (non-hydrogen) atoms. The summed E-state index contributed by atoms with van der Waals surface area (Å²) in [4.78, 5) is 18.3. The van der Waals surface area contributed by atoms with Crippen LogP contribution in [0.5, 0.6) is 0 Å². The summed E-state index contributed by atoms with van der Waals surface area (Å²) in [5, 5.41) is 11.5. The Labute approximate surface area is 140 Å². The molecule has 3 aromatic heterocycles. The Balaban J connectivity index is 1.81. The zero-order valence-corrected chi connectivity index (χ0v) is 14.2. The van der Waals surface area contributed by atoms with Gasteiger partial charge in [0.05, 0.1) is 11.4 Å². The molecule has 0 saturated heterocycles. The van der Waals surface area contributed by atoms with Crippen LogP contribution in [0.15, 0.2) is 30.6 Å². The van der Waals surface area contributed by atoms with E-state index in [0.717, 1.165) is 28.2 Å². The third-order valence-electron chi connectivity index (χ3n) is 4.06. The number of carbonyl (C=O) groups excluding carboxylic acids is 1. The first-order valence-electron chi connectivity index (χ1n) is 7.67. The minimum absolute atomic E-state index is 0.114. The molecule has 1 amide bonds. The second-order valence-electron chi connectivity index (χ2n) is 5.86. The Bertz CT molecular complexity index is 865. The van der Waals surface area contributed by atoms with Gasteiger partial charge in [-0.2, -0.15) is 10.2 Å². The van der Waals surface area contributed by atoms with Gasteiger partial charge in [0.25, 0.3) is 5.91 Å². The van der Waals surface area contributed by atoms with Crippen LogP contribution in [0.2, 0.25) is 0 Å². The summed E-state index contributed by atoms with van der Waals surface area (Å²) in [6, 6.07) is 5.58. The molecule has 0 aliphatic carbocycles. The molecule has 3 aromatic rings. The number of nitrogens with zero attached hydrogens (tertiary/aromatic N) is 5. The van der Waals surface area contributed by atoms with Crippen LogP contribution in [0.1, 0.15) is 27.4 Å². The fourth-order valence-electron chi connectivity index (χ4n) is 2.75. The van der Waals surface area contributed by atoms with Crippen molar-refractivity contribution >= 4 is 5.91 Å². The largest absolute Gasteiger partial charge is 0.336 e. The predicted molar refractivity (Wildman–Crippen MR) is 90.3 cm³/mol. The molecule has 0 aromatic carbocycles. The van der Waals surface area contributed by atoms with E-state index in [4.69, 9.17) is 0 Å². The Morgan fingerprint density at radius 2 is 2.17 bits per heavy atom. The molecule has 1 N–H and O–H groups in total. The zero-order chi connectivity index (χ0) is 17.3. The van der Waals surface area contributed by atoms with Gasteiger partial charge in [-0.05, 0) is 31.5 Å². The highest BCUT2D eigenvalue weighted by molar-refractivity contribution is 5.93.